The molecule has 0 radical (unpaired) electrons. The first-order valence-electron chi connectivity index (χ1n) is 7.81. The molecule has 2 aliphatic rings. The van der Waals surface area contributed by atoms with Crippen molar-refractivity contribution in [3.8, 4) is 5.75 Å². The minimum atomic E-state index is -0.207. The molecule has 0 aromatic heterocycles. The van der Waals surface area contributed by atoms with Gasteiger partial charge in [-0.1, -0.05) is 18.2 Å². The van der Waals surface area contributed by atoms with Crippen molar-refractivity contribution in [2.45, 2.75) is 38.8 Å². The van der Waals surface area contributed by atoms with E-state index in [2.05, 4.69) is 30.9 Å². The quantitative estimate of drug-likeness (QED) is 0.855. The summed E-state index contributed by atoms with van der Waals surface area (Å²) in [6.07, 6.45) is 1.73. The van der Waals surface area contributed by atoms with Crippen LogP contribution in [0.5, 0.6) is 5.75 Å². The average Bonchev–Trinajstić information content (AvgIpc) is 2.76. The summed E-state index contributed by atoms with van der Waals surface area (Å²) in [5.74, 6) is 1.29. The number of carbonyl (C=O) groups excluding carboxylic acids is 1. The minimum absolute atomic E-state index is 0.207. The molecule has 0 unspecified atom stereocenters. The van der Waals surface area contributed by atoms with Crippen molar-refractivity contribution in [1.82, 2.24) is 9.80 Å². The third-order valence-electron chi connectivity index (χ3n) is 4.21. The van der Waals surface area contributed by atoms with Gasteiger partial charge in [-0.05, 0) is 26.3 Å². The fraction of sp³-hybridized carbons (Fsp3) is 0.588. The summed E-state index contributed by atoms with van der Waals surface area (Å²) in [5, 5.41) is 0. The van der Waals surface area contributed by atoms with Gasteiger partial charge in [-0.2, -0.15) is 0 Å². The number of hydrogen-bond donors (Lipinski definition) is 0. The molecule has 21 heavy (non-hydrogen) atoms. The molecule has 114 valence electrons. The van der Waals surface area contributed by atoms with Crippen LogP contribution in [0.1, 0.15) is 32.3 Å². The average molecular weight is 288 g/mol. The number of benzene rings is 1. The summed E-state index contributed by atoms with van der Waals surface area (Å²) in [7, 11) is 0. The monoisotopic (exact) mass is 288 g/mol. The van der Waals surface area contributed by atoms with E-state index in [0.29, 0.717) is 5.91 Å². The lowest BCUT2D eigenvalue weighted by atomic mass is 10.1. The van der Waals surface area contributed by atoms with Crippen LogP contribution >= 0.6 is 0 Å². The molecule has 0 saturated carbocycles. The van der Waals surface area contributed by atoms with Crippen molar-refractivity contribution in [3.05, 3.63) is 29.8 Å². The van der Waals surface area contributed by atoms with Crippen LogP contribution in [-0.4, -0.2) is 47.5 Å². The van der Waals surface area contributed by atoms with E-state index >= 15 is 0 Å². The van der Waals surface area contributed by atoms with Crippen molar-refractivity contribution in [1.29, 1.82) is 0 Å². The van der Waals surface area contributed by atoms with E-state index in [1.54, 1.807) is 0 Å². The largest absolute Gasteiger partial charge is 0.486 e. The Bertz CT molecular complexity index is 527. The summed E-state index contributed by atoms with van der Waals surface area (Å²) in [6, 6.07) is 8.26. The van der Waals surface area contributed by atoms with Gasteiger partial charge in [0, 0.05) is 44.7 Å². The maximum atomic E-state index is 11.7. The normalized spacial score (nSPS) is 21.8. The van der Waals surface area contributed by atoms with Gasteiger partial charge in [-0.3, -0.25) is 9.69 Å². The zero-order valence-corrected chi connectivity index (χ0v) is 13.0. The number of likely N-dealkylation sites (tertiary alicyclic amines) is 1. The molecule has 2 heterocycles. The third kappa shape index (κ3) is 3.38. The van der Waals surface area contributed by atoms with Gasteiger partial charge in [0.15, 0.2) is 0 Å². The van der Waals surface area contributed by atoms with E-state index in [1.807, 2.05) is 17.0 Å². The zero-order valence-electron chi connectivity index (χ0n) is 13.0. The lowest BCUT2D eigenvalue weighted by molar-refractivity contribution is -0.127. The van der Waals surface area contributed by atoms with Crippen LogP contribution in [0.4, 0.5) is 0 Å². The Morgan fingerprint density at radius 2 is 2.05 bits per heavy atom. The molecule has 1 amide bonds. The molecule has 4 nitrogen and oxygen atoms in total. The highest BCUT2D eigenvalue weighted by Gasteiger charge is 2.29. The molecule has 0 aliphatic carbocycles. The van der Waals surface area contributed by atoms with Gasteiger partial charge in [-0.25, -0.2) is 0 Å². The minimum Gasteiger partial charge on any atom is -0.486 e. The Morgan fingerprint density at radius 1 is 1.24 bits per heavy atom. The summed E-state index contributed by atoms with van der Waals surface area (Å²) in [5.41, 5.74) is 1.03. The fourth-order valence-corrected chi connectivity index (χ4v) is 3.26. The van der Waals surface area contributed by atoms with Crippen LogP contribution in [0, 0.1) is 0 Å². The Hall–Kier alpha value is -1.55. The Labute approximate surface area is 126 Å². The number of ether oxygens (including phenoxy) is 1. The first kappa shape index (κ1) is 14.4. The summed E-state index contributed by atoms with van der Waals surface area (Å²) >= 11 is 0. The van der Waals surface area contributed by atoms with E-state index in [0.717, 1.165) is 51.3 Å². The molecule has 0 N–H and O–H groups in total. The molecule has 0 atom stereocenters. The van der Waals surface area contributed by atoms with Crippen molar-refractivity contribution < 1.29 is 9.53 Å². The molecular formula is C17H24N2O2. The molecule has 4 heteroatoms. The van der Waals surface area contributed by atoms with Gasteiger partial charge in [0.2, 0.25) is 5.91 Å². The number of carbonyl (C=O) groups is 1. The van der Waals surface area contributed by atoms with Crippen LogP contribution in [0.3, 0.4) is 0 Å². The summed E-state index contributed by atoms with van der Waals surface area (Å²) in [6.45, 7) is 8.69. The van der Waals surface area contributed by atoms with E-state index in [-0.39, 0.29) is 5.60 Å². The Balaban J connectivity index is 1.69. The second kappa shape index (κ2) is 5.68. The Kier molecular flexibility index (Phi) is 3.89. The second-order valence-electron chi connectivity index (χ2n) is 6.66. The smallest absolute Gasteiger partial charge is 0.222 e. The van der Waals surface area contributed by atoms with Gasteiger partial charge in [0.25, 0.3) is 0 Å². The molecule has 2 aliphatic heterocycles. The van der Waals surface area contributed by atoms with Gasteiger partial charge < -0.3 is 9.64 Å². The topological polar surface area (TPSA) is 32.8 Å². The fourth-order valence-electron chi connectivity index (χ4n) is 3.26. The van der Waals surface area contributed by atoms with Crippen LogP contribution in [0.25, 0.3) is 0 Å². The number of nitrogens with zero attached hydrogens (tertiary/aromatic N) is 2. The molecule has 0 spiro atoms. The highest BCUT2D eigenvalue weighted by Crippen LogP contribution is 2.29. The molecule has 0 bridgehead atoms. The SMILES string of the molecule is CC1(C)CN(CCN2CCCC2=O)Cc2ccccc2O1. The van der Waals surface area contributed by atoms with Crippen LogP contribution in [0.15, 0.2) is 24.3 Å². The molecule has 3 rings (SSSR count). The number of para-hydroxylation sites is 1. The summed E-state index contributed by atoms with van der Waals surface area (Å²) in [4.78, 5) is 16.1. The molecule has 1 saturated heterocycles. The standard InChI is InChI=1S/C17H24N2O2/c1-17(2)13-18(10-11-19-9-5-8-16(19)20)12-14-6-3-4-7-15(14)21-17/h3-4,6-7H,5,8-13H2,1-2H3. The maximum Gasteiger partial charge on any atom is 0.222 e. The Morgan fingerprint density at radius 3 is 2.81 bits per heavy atom. The molecule has 1 aromatic rings. The highest BCUT2D eigenvalue weighted by molar-refractivity contribution is 5.78. The van der Waals surface area contributed by atoms with Gasteiger partial charge in [-0.15, -0.1) is 0 Å². The summed E-state index contributed by atoms with van der Waals surface area (Å²) < 4.78 is 6.15. The van der Waals surface area contributed by atoms with E-state index in [1.165, 1.54) is 5.56 Å². The van der Waals surface area contributed by atoms with Crippen molar-refractivity contribution >= 4 is 5.91 Å². The highest BCUT2D eigenvalue weighted by atomic mass is 16.5. The van der Waals surface area contributed by atoms with Crippen LogP contribution < -0.4 is 4.74 Å². The van der Waals surface area contributed by atoms with Crippen molar-refractivity contribution in [2.75, 3.05) is 26.2 Å². The van der Waals surface area contributed by atoms with E-state index in [9.17, 15) is 4.79 Å². The number of amides is 1. The molecular weight excluding hydrogens is 264 g/mol. The van der Waals surface area contributed by atoms with Crippen molar-refractivity contribution in [2.24, 2.45) is 0 Å². The lowest BCUT2D eigenvalue weighted by Gasteiger charge is -2.30. The zero-order chi connectivity index (χ0) is 14.9. The van der Waals surface area contributed by atoms with Crippen LogP contribution in [-0.2, 0) is 11.3 Å². The van der Waals surface area contributed by atoms with E-state index in [4.69, 9.17) is 4.74 Å². The molecule has 1 fully saturated rings. The predicted octanol–water partition coefficient (Wildman–Crippen LogP) is 2.28. The van der Waals surface area contributed by atoms with E-state index < -0.39 is 0 Å². The maximum absolute atomic E-state index is 11.7. The second-order valence-corrected chi connectivity index (χ2v) is 6.66. The van der Waals surface area contributed by atoms with Gasteiger partial charge in [0.1, 0.15) is 11.4 Å². The van der Waals surface area contributed by atoms with Crippen molar-refractivity contribution in [3.63, 3.8) is 0 Å². The molecule has 1 aromatic carbocycles. The lowest BCUT2D eigenvalue weighted by Crippen LogP contribution is -2.43. The van der Waals surface area contributed by atoms with Crippen LogP contribution in [0.2, 0.25) is 0 Å². The first-order valence-corrected chi connectivity index (χ1v) is 7.81. The predicted molar refractivity (Wildman–Crippen MR) is 82.2 cm³/mol. The number of hydrogen-bond acceptors (Lipinski definition) is 3. The van der Waals surface area contributed by atoms with Gasteiger partial charge >= 0.3 is 0 Å². The van der Waals surface area contributed by atoms with Gasteiger partial charge in [0.05, 0.1) is 0 Å². The third-order valence-corrected chi connectivity index (χ3v) is 4.21. The number of fused-ring (bicyclic) bond motifs is 1. The first-order chi connectivity index (χ1) is 10.0. The number of rotatable bonds is 3.